The van der Waals surface area contributed by atoms with Gasteiger partial charge in [-0.05, 0) is 29.4 Å². The van der Waals surface area contributed by atoms with E-state index in [2.05, 4.69) is 59.0 Å². The van der Waals surface area contributed by atoms with Gasteiger partial charge in [-0.1, -0.05) is 41.5 Å². The van der Waals surface area contributed by atoms with Crippen molar-refractivity contribution in [2.75, 3.05) is 6.54 Å². The topological polar surface area (TPSA) is 12.0 Å². The van der Waals surface area contributed by atoms with E-state index < -0.39 is 0 Å². The lowest BCUT2D eigenvalue weighted by atomic mass is 9.90. The fraction of sp³-hybridized carbons (Fsp3) is 0.733. The Labute approximate surface area is 111 Å². The van der Waals surface area contributed by atoms with Crippen molar-refractivity contribution in [2.45, 2.75) is 59.9 Å². The number of nitrogens with one attached hydrogen (secondary N) is 1. The van der Waals surface area contributed by atoms with Crippen LogP contribution in [0.15, 0.2) is 12.1 Å². The van der Waals surface area contributed by atoms with Crippen molar-refractivity contribution in [3.05, 3.63) is 21.9 Å². The maximum Gasteiger partial charge on any atom is 0.0300 e. The summed E-state index contributed by atoms with van der Waals surface area (Å²) in [6, 6.07) is 4.53. The summed E-state index contributed by atoms with van der Waals surface area (Å²) in [5, 5.41) is 3.57. The SMILES string of the molecule is CCC(C)(C)CNCc1ccc(C(C)(C)C)s1. The normalized spacial score (nSPS) is 13.1. The predicted octanol–water partition coefficient (Wildman–Crippen LogP) is 4.57. The zero-order chi connectivity index (χ0) is 13.1. The molecule has 0 saturated heterocycles. The van der Waals surface area contributed by atoms with E-state index in [0.717, 1.165) is 13.1 Å². The molecule has 0 spiro atoms. The van der Waals surface area contributed by atoms with E-state index in [-0.39, 0.29) is 5.41 Å². The maximum atomic E-state index is 3.57. The zero-order valence-corrected chi connectivity index (χ0v) is 13.0. The molecule has 98 valence electrons. The summed E-state index contributed by atoms with van der Waals surface area (Å²) < 4.78 is 0. The number of thiophene rings is 1. The summed E-state index contributed by atoms with van der Waals surface area (Å²) >= 11 is 1.94. The summed E-state index contributed by atoms with van der Waals surface area (Å²) in [7, 11) is 0. The van der Waals surface area contributed by atoms with E-state index >= 15 is 0 Å². The monoisotopic (exact) mass is 253 g/mol. The molecule has 0 saturated carbocycles. The quantitative estimate of drug-likeness (QED) is 0.810. The Morgan fingerprint density at radius 2 is 1.76 bits per heavy atom. The van der Waals surface area contributed by atoms with Crippen LogP contribution < -0.4 is 5.32 Å². The van der Waals surface area contributed by atoms with E-state index in [4.69, 9.17) is 0 Å². The lowest BCUT2D eigenvalue weighted by Crippen LogP contribution is -2.28. The Morgan fingerprint density at radius 1 is 1.12 bits per heavy atom. The minimum Gasteiger partial charge on any atom is -0.311 e. The molecule has 0 radical (unpaired) electrons. The summed E-state index contributed by atoms with van der Waals surface area (Å²) in [5.41, 5.74) is 0.690. The molecule has 0 fully saturated rings. The highest BCUT2D eigenvalue weighted by atomic mass is 32.1. The average Bonchev–Trinajstić information content (AvgIpc) is 2.66. The first-order valence-corrected chi connectivity index (χ1v) is 7.36. The van der Waals surface area contributed by atoms with Crippen molar-refractivity contribution in [3.8, 4) is 0 Å². The molecule has 0 bridgehead atoms. The average molecular weight is 253 g/mol. The first-order chi connectivity index (χ1) is 7.74. The van der Waals surface area contributed by atoms with Crippen molar-refractivity contribution in [2.24, 2.45) is 5.41 Å². The predicted molar refractivity (Wildman–Crippen MR) is 78.8 cm³/mol. The van der Waals surface area contributed by atoms with E-state index in [1.807, 2.05) is 11.3 Å². The molecule has 1 nitrogen and oxygen atoms in total. The van der Waals surface area contributed by atoms with Crippen molar-refractivity contribution in [3.63, 3.8) is 0 Å². The lowest BCUT2D eigenvalue weighted by Gasteiger charge is -2.22. The molecule has 2 heteroatoms. The van der Waals surface area contributed by atoms with E-state index in [1.54, 1.807) is 0 Å². The van der Waals surface area contributed by atoms with Gasteiger partial charge in [0.1, 0.15) is 0 Å². The van der Waals surface area contributed by atoms with Crippen LogP contribution in [0.4, 0.5) is 0 Å². The first kappa shape index (κ1) is 14.7. The lowest BCUT2D eigenvalue weighted by molar-refractivity contribution is 0.328. The molecule has 1 aromatic rings. The Bertz CT molecular complexity index is 344. The molecular weight excluding hydrogens is 226 g/mol. The van der Waals surface area contributed by atoms with Crippen LogP contribution in [0.5, 0.6) is 0 Å². The first-order valence-electron chi connectivity index (χ1n) is 6.54. The maximum absolute atomic E-state index is 3.57. The molecule has 0 aromatic carbocycles. The molecule has 1 heterocycles. The van der Waals surface area contributed by atoms with Gasteiger partial charge < -0.3 is 5.32 Å². The number of hydrogen-bond acceptors (Lipinski definition) is 2. The van der Waals surface area contributed by atoms with Gasteiger partial charge in [-0.15, -0.1) is 11.3 Å². The number of hydrogen-bond donors (Lipinski definition) is 1. The Hall–Kier alpha value is -0.340. The summed E-state index contributed by atoms with van der Waals surface area (Å²) in [5.74, 6) is 0. The summed E-state index contributed by atoms with van der Waals surface area (Å²) in [6.07, 6.45) is 1.22. The zero-order valence-electron chi connectivity index (χ0n) is 12.2. The molecule has 0 aliphatic rings. The van der Waals surface area contributed by atoms with Crippen LogP contribution in [0.3, 0.4) is 0 Å². The highest BCUT2D eigenvalue weighted by Crippen LogP contribution is 2.29. The smallest absolute Gasteiger partial charge is 0.0300 e. The van der Waals surface area contributed by atoms with Crippen LogP contribution in [0.1, 0.15) is 57.7 Å². The Balaban J connectivity index is 2.46. The highest BCUT2D eigenvalue weighted by molar-refractivity contribution is 7.12. The Kier molecular flexibility index (Phi) is 4.79. The minimum absolute atomic E-state index is 0.283. The van der Waals surface area contributed by atoms with Gasteiger partial charge in [0.05, 0.1) is 0 Å². The van der Waals surface area contributed by atoms with Crippen LogP contribution in [0.2, 0.25) is 0 Å². The van der Waals surface area contributed by atoms with Crippen LogP contribution >= 0.6 is 11.3 Å². The molecule has 0 atom stereocenters. The van der Waals surface area contributed by atoms with Crippen LogP contribution in [-0.4, -0.2) is 6.54 Å². The van der Waals surface area contributed by atoms with Gasteiger partial charge in [-0.25, -0.2) is 0 Å². The molecule has 1 N–H and O–H groups in total. The molecule has 1 rings (SSSR count). The van der Waals surface area contributed by atoms with Gasteiger partial charge >= 0.3 is 0 Å². The molecule has 0 aliphatic heterocycles. The minimum atomic E-state index is 0.283. The summed E-state index contributed by atoms with van der Waals surface area (Å²) in [4.78, 5) is 2.92. The second-order valence-corrected chi connectivity index (χ2v) is 7.81. The fourth-order valence-corrected chi connectivity index (χ4v) is 2.56. The standard InChI is InChI=1S/C15H27NS/c1-7-15(5,6)11-16-10-12-8-9-13(17-12)14(2,3)4/h8-9,16H,7,10-11H2,1-6H3. The molecular formula is C15H27NS. The van der Waals surface area contributed by atoms with E-state index in [9.17, 15) is 0 Å². The third kappa shape index (κ3) is 4.81. The van der Waals surface area contributed by atoms with Gasteiger partial charge in [0.25, 0.3) is 0 Å². The van der Waals surface area contributed by atoms with Crippen molar-refractivity contribution < 1.29 is 0 Å². The van der Waals surface area contributed by atoms with Crippen LogP contribution in [0.25, 0.3) is 0 Å². The number of rotatable bonds is 5. The van der Waals surface area contributed by atoms with Gasteiger partial charge in [-0.2, -0.15) is 0 Å². The second-order valence-electron chi connectivity index (χ2n) is 6.64. The van der Waals surface area contributed by atoms with Gasteiger partial charge in [0.15, 0.2) is 0 Å². The third-order valence-electron chi connectivity index (χ3n) is 3.26. The largest absolute Gasteiger partial charge is 0.311 e. The molecule has 0 unspecified atom stereocenters. The molecule has 1 aromatic heterocycles. The summed E-state index contributed by atoms with van der Waals surface area (Å²) in [6.45, 7) is 15.8. The van der Waals surface area contributed by atoms with Gasteiger partial charge in [-0.3, -0.25) is 0 Å². The fourth-order valence-electron chi connectivity index (χ4n) is 1.53. The molecule has 0 amide bonds. The van der Waals surface area contributed by atoms with E-state index in [1.165, 1.54) is 16.2 Å². The highest BCUT2D eigenvalue weighted by Gasteiger charge is 2.17. The van der Waals surface area contributed by atoms with Gasteiger partial charge in [0, 0.05) is 22.8 Å². The second kappa shape index (κ2) is 5.53. The van der Waals surface area contributed by atoms with Crippen molar-refractivity contribution in [1.29, 1.82) is 0 Å². The molecule has 0 aliphatic carbocycles. The molecule has 17 heavy (non-hydrogen) atoms. The Morgan fingerprint density at radius 3 is 2.24 bits per heavy atom. The van der Waals surface area contributed by atoms with Crippen molar-refractivity contribution >= 4 is 11.3 Å². The van der Waals surface area contributed by atoms with Crippen molar-refractivity contribution in [1.82, 2.24) is 5.32 Å². The van der Waals surface area contributed by atoms with Crippen LogP contribution in [-0.2, 0) is 12.0 Å². The van der Waals surface area contributed by atoms with Crippen LogP contribution in [0, 0.1) is 5.41 Å². The third-order valence-corrected chi connectivity index (χ3v) is 4.77. The van der Waals surface area contributed by atoms with E-state index in [0.29, 0.717) is 5.41 Å². The van der Waals surface area contributed by atoms with Gasteiger partial charge in [0.2, 0.25) is 0 Å².